The van der Waals surface area contributed by atoms with Gasteiger partial charge in [0.1, 0.15) is 23.8 Å². The molecule has 1 aliphatic rings. The van der Waals surface area contributed by atoms with Gasteiger partial charge in [-0.1, -0.05) is 0 Å². The quantitative estimate of drug-likeness (QED) is 0.583. The first-order chi connectivity index (χ1) is 8.56. The van der Waals surface area contributed by atoms with Crippen molar-refractivity contribution in [3.8, 4) is 18.2 Å². The van der Waals surface area contributed by atoms with Crippen LogP contribution in [0.25, 0.3) is 0 Å². The van der Waals surface area contributed by atoms with Gasteiger partial charge < -0.3 is 10.6 Å². The van der Waals surface area contributed by atoms with E-state index in [0.29, 0.717) is 11.1 Å². The van der Waals surface area contributed by atoms with Crippen LogP contribution in [0.1, 0.15) is 26.7 Å². The first kappa shape index (κ1) is 13.8. The van der Waals surface area contributed by atoms with Crippen molar-refractivity contribution in [2.75, 3.05) is 6.54 Å². The predicted octanol–water partition coefficient (Wildman–Crippen LogP) is 1.53. The van der Waals surface area contributed by atoms with E-state index in [4.69, 9.17) is 16.3 Å². The molecule has 0 amide bonds. The molecule has 1 atom stereocenters. The molecule has 0 aliphatic carbocycles. The highest BCUT2D eigenvalue weighted by Gasteiger charge is 2.23. The van der Waals surface area contributed by atoms with E-state index < -0.39 is 0 Å². The summed E-state index contributed by atoms with van der Waals surface area (Å²) in [4.78, 5) is 1.95. The normalized spacial score (nSPS) is 19.3. The van der Waals surface area contributed by atoms with Crippen LogP contribution in [0.3, 0.4) is 0 Å². The molecule has 1 aliphatic heterocycles. The van der Waals surface area contributed by atoms with Crippen LogP contribution in [0.15, 0.2) is 22.4 Å². The van der Waals surface area contributed by atoms with Crippen LogP contribution in [0.5, 0.6) is 0 Å². The van der Waals surface area contributed by atoms with Crippen molar-refractivity contribution in [3.63, 3.8) is 0 Å². The summed E-state index contributed by atoms with van der Waals surface area (Å²) in [6, 6.07) is 5.68. The maximum Gasteiger partial charge on any atom is 0.133 e. The van der Waals surface area contributed by atoms with E-state index in [0.717, 1.165) is 25.1 Å². The van der Waals surface area contributed by atoms with E-state index >= 15 is 0 Å². The lowest BCUT2D eigenvalue weighted by molar-refractivity contribution is 0.326. The largest absolute Gasteiger partial charge is 0.359 e. The molecule has 0 saturated carbocycles. The number of likely N-dealkylation sites (tertiary alicyclic amines) is 1. The molecular weight excluding hydrogens is 226 g/mol. The molecule has 1 fully saturated rings. The zero-order valence-electron chi connectivity index (χ0n) is 10.6. The minimum atomic E-state index is -0.0891. The van der Waals surface area contributed by atoms with Crippen LogP contribution in [-0.4, -0.2) is 17.6 Å². The first-order valence-corrected chi connectivity index (χ1v) is 5.71. The van der Waals surface area contributed by atoms with Crippen LogP contribution < -0.4 is 5.73 Å². The fourth-order valence-electron chi connectivity index (χ4n) is 2.11. The van der Waals surface area contributed by atoms with Gasteiger partial charge in [-0.25, -0.2) is 0 Å². The Labute approximate surface area is 107 Å². The average molecular weight is 241 g/mol. The third-order valence-electron chi connectivity index (χ3n) is 3.18. The van der Waals surface area contributed by atoms with Gasteiger partial charge in [0, 0.05) is 12.2 Å². The molecule has 92 valence electrons. The summed E-state index contributed by atoms with van der Waals surface area (Å²) in [6.45, 7) is 4.23. The van der Waals surface area contributed by atoms with Gasteiger partial charge in [0.05, 0.1) is 11.7 Å². The first-order valence-electron chi connectivity index (χ1n) is 5.71. The van der Waals surface area contributed by atoms with Crippen LogP contribution in [-0.2, 0) is 0 Å². The molecular formula is C13H15N5. The van der Waals surface area contributed by atoms with Crippen LogP contribution >= 0.6 is 0 Å². The third kappa shape index (κ3) is 2.51. The second-order valence-corrected chi connectivity index (χ2v) is 4.20. The van der Waals surface area contributed by atoms with Crippen molar-refractivity contribution >= 4 is 0 Å². The van der Waals surface area contributed by atoms with Crippen molar-refractivity contribution in [2.24, 2.45) is 5.73 Å². The fourth-order valence-corrected chi connectivity index (χ4v) is 2.11. The lowest BCUT2D eigenvalue weighted by atomic mass is 10.0. The van der Waals surface area contributed by atoms with Gasteiger partial charge in [-0.05, 0) is 32.3 Å². The molecule has 5 nitrogen and oxygen atoms in total. The lowest BCUT2D eigenvalue weighted by Gasteiger charge is -2.25. The number of rotatable bonds is 2. The smallest absolute Gasteiger partial charge is 0.133 e. The zero-order chi connectivity index (χ0) is 13.7. The van der Waals surface area contributed by atoms with Gasteiger partial charge in [-0.3, -0.25) is 0 Å². The number of hydrogen-bond acceptors (Lipinski definition) is 5. The topological polar surface area (TPSA) is 101 Å². The number of allylic oxidation sites excluding steroid dienone is 4. The third-order valence-corrected chi connectivity index (χ3v) is 3.18. The van der Waals surface area contributed by atoms with Crippen LogP contribution in [0.2, 0.25) is 0 Å². The number of hydrogen-bond donors (Lipinski definition) is 1. The highest BCUT2D eigenvalue weighted by molar-refractivity contribution is 5.54. The number of nitrogens with zero attached hydrogens (tertiary/aromatic N) is 4. The van der Waals surface area contributed by atoms with E-state index in [1.165, 1.54) is 0 Å². The molecule has 0 aromatic carbocycles. The van der Waals surface area contributed by atoms with E-state index in [1.54, 1.807) is 26.0 Å². The summed E-state index contributed by atoms with van der Waals surface area (Å²) >= 11 is 0. The summed E-state index contributed by atoms with van der Waals surface area (Å²) in [5.41, 5.74) is 7.44. The summed E-state index contributed by atoms with van der Waals surface area (Å²) in [5.74, 6) is 0. The van der Waals surface area contributed by atoms with E-state index in [1.807, 2.05) is 4.90 Å². The molecule has 0 spiro atoms. The Bertz CT molecular complexity index is 505. The highest BCUT2D eigenvalue weighted by Crippen LogP contribution is 2.25. The zero-order valence-corrected chi connectivity index (χ0v) is 10.6. The maximum atomic E-state index is 9.23. The molecule has 2 N–H and O–H groups in total. The Balaban J connectivity index is 3.26. The minimum absolute atomic E-state index is 0.0290. The Morgan fingerprint density at radius 2 is 1.78 bits per heavy atom. The van der Waals surface area contributed by atoms with E-state index in [9.17, 15) is 5.26 Å². The van der Waals surface area contributed by atoms with Crippen molar-refractivity contribution in [1.29, 1.82) is 15.8 Å². The monoisotopic (exact) mass is 241 g/mol. The number of nitriles is 3. The fraction of sp³-hybridized carbons (Fsp3) is 0.462. The summed E-state index contributed by atoms with van der Waals surface area (Å²) in [7, 11) is 0. The van der Waals surface area contributed by atoms with Gasteiger partial charge in [-0.15, -0.1) is 0 Å². The summed E-state index contributed by atoms with van der Waals surface area (Å²) in [6.07, 6.45) is 1.79. The summed E-state index contributed by atoms with van der Waals surface area (Å²) < 4.78 is 0. The van der Waals surface area contributed by atoms with Crippen molar-refractivity contribution < 1.29 is 0 Å². The highest BCUT2D eigenvalue weighted by atomic mass is 15.2. The molecule has 0 radical (unpaired) electrons. The van der Waals surface area contributed by atoms with Crippen LogP contribution in [0, 0.1) is 34.0 Å². The second kappa shape index (κ2) is 5.87. The summed E-state index contributed by atoms with van der Waals surface area (Å²) in [5, 5.41) is 26.9. The molecule has 0 bridgehead atoms. The molecule has 18 heavy (non-hydrogen) atoms. The Morgan fingerprint density at radius 1 is 1.17 bits per heavy atom. The molecule has 1 saturated heterocycles. The van der Waals surface area contributed by atoms with Gasteiger partial charge in [-0.2, -0.15) is 15.8 Å². The molecule has 5 heteroatoms. The SMILES string of the molecule is CC(=C(C#N)C#N)/C(C#N)=C(\C)N1CCCC1N. The van der Waals surface area contributed by atoms with Gasteiger partial charge in [0.25, 0.3) is 0 Å². The maximum absolute atomic E-state index is 9.23. The van der Waals surface area contributed by atoms with Gasteiger partial charge >= 0.3 is 0 Å². The second-order valence-electron chi connectivity index (χ2n) is 4.20. The van der Waals surface area contributed by atoms with E-state index in [2.05, 4.69) is 6.07 Å². The van der Waals surface area contributed by atoms with Crippen molar-refractivity contribution in [2.45, 2.75) is 32.9 Å². The molecule has 1 heterocycles. The van der Waals surface area contributed by atoms with E-state index in [-0.39, 0.29) is 11.7 Å². The predicted molar refractivity (Wildman–Crippen MR) is 66.2 cm³/mol. The average Bonchev–Trinajstić information content (AvgIpc) is 2.77. The number of nitrogens with two attached hydrogens (primary N) is 1. The van der Waals surface area contributed by atoms with Gasteiger partial charge in [0.15, 0.2) is 0 Å². The minimum Gasteiger partial charge on any atom is -0.359 e. The van der Waals surface area contributed by atoms with Gasteiger partial charge in [0.2, 0.25) is 0 Å². The molecule has 0 aromatic rings. The molecule has 0 aromatic heterocycles. The standard InChI is InChI=1S/C13H15N5/c1-9(11(6-14)7-15)12(8-16)10(2)18-5-3-4-13(18)17/h13H,3-5,17H2,1-2H3/b12-10+. The Kier molecular flexibility index (Phi) is 4.49. The Morgan fingerprint density at radius 3 is 2.17 bits per heavy atom. The van der Waals surface area contributed by atoms with Crippen LogP contribution in [0.4, 0.5) is 0 Å². The molecule has 1 unspecified atom stereocenters. The lowest BCUT2D eigenvalue weighted by Crippen LogP contribution is -2.35. The Hall–Kier alpha value is -2.29. The van der Waals surface area contributed by atoms with Crippen molar-refractivity contribution in [3.05, 3.63) is 22.4 Å². The molecule has 1 rings (SSSR count). The van der Waals surface area contributed by atoms with Crippen molar-refractivity contribution in [1.82, 2.24) is 4.90 Å².